The molecule has 1 fully saturated rings. The normalized spacial score (nSPS) is 15.2. The second-order valence-corrected chi connectivity index (χ2v) is 7.10. The minimum Gasteiger partial charge on any atom is -0.352 e. The average molecular weight is 296 g/mol. The van der Waals surface area contributed by atoms with Gasteiger partial charge in [0, 0.05) is 6.04 Å². The Kier molecular flexibility index (Phi) is 4.15. The van der Waals surface area contributed by atoms with E-state index in [9.17, 15) is 13.2 Å². The Morgan fingerprint density at radius 3 is 2.25 bits per heavy atom. The molecule has 1 aromatic carbocycles. The third-order valence-electron chi connectivity index (χ3n) is 3.24. The van der Waals surface area contributed by atoms with Gasteiger partial charge in [-0.15, -0.1) is 0 Å². The SMILES string of the molecule is Cc1cc(C)c(S(=O)(=O)NCC(=O)NC2CC2)c(C)c1. The summed E-state index contributed by atoms with van der Waals surface area (Å²) in [6, 6.07) is 3.88. The van der Waals surface area contributed by atoms with E-state index in [1.165, 1.54) is 0 Å². The van der Waals surface area contributed by atoms with Crippen LogP contribution in [-0.4, -0.2) is 26.9 Å². The van der Waals surface area contributed by atoms with Crippen LogP contribution in [0, 0.1) is 20.8 Å². The van der Waals surface area contributed by atoms with Gasteiger partial charge in [-0.05, 0) is 44.7 Å². The summed E-state index contributed by atoms with van der Waals surface area (Å²) in [5.74, 6) is -0.279. The summed E-state index contributed by atoms with van der Waals surface area (Å²) in [6.07, 6.45) is 1.96. The van der Waals surface area contributed by atoms with Gasteiger partial charge in [-0.3, -0.25) is 4.79 Å². The third kappa shape index (κ3) is 3.58. The van der Waals surface area contributed by atoms with Crippen molar-refractivity contribution in [3.63, 3.8) is 0 Å². The van der Waals surface area contributed by atoms with Crippen molar-refractivity contribution in [1.29, 1.82) is 0 Å². The van der Waals surface area contributed by atoms with Gasteiger partial charge in [0.15, 0.2) is 0 Å². The van der Waals surface area contributed by atoms with Crippen LogP contribution in [0.25, 0.3) is 0 Å². The van der Waals surface area contributed by atoms with Gasteiger partial charge in [-0.1, -0.05) is 17.7 Å². The van der Waals surface area contributed by atoms with Gasteiger partial charge in [0.1, 0.15) is 0 Å². The van der Waals surface area contributed by atoms with Crippen LogP contribution in [0.3, 0.4) is 0 Å². The molecular weight excluding hydrogens is 276 g/mol. The molecule has 0 aromatic heterocycles. The highest BCUT2D eigenvalue weighted by molar-refractivity contribution is 7.89. The number of hydrogen-bond acceptors (Lipinski definition) is 3. The van der Waals surface area contributed by atoms with Gasteiger partial charge in [-0.25, -0.2) is 13.1 Å². The first-order valence-corrected chi connectivity index (χ1v) is 8.15. The maximum atomic E-state index is 12.3. The first kappa shape index (κ1) is 15.0. The fourth-order valence-electron chi connectivity index (χ4n) is 2.33. The molecule has 0 heterocycles. The zero-order valence-corrected chi connectivity index (χ0v) is 12.8. The van der Waals surface area contributed by atoms with Crippen LogP contribution >= 0.6 is 0 Å². The molecule has 0 unspecified atom stereocenters. The van der Waals surface area contributed by atoms with Crippen molar-refractivity contribution in [2.24, 2.45) is 0 Å². The Bertz CT molecular complexity index is 611. The first-order chi connectivity index (χ1) is 9.29. The Labute approximate surface area is 119 Å². The van der Waals surface area contributed by atoms with E-state index in [0.717, 1.165) is 18.4 Å². The number of nitrogens with one attached hydrogen (secondary N) is 2. The summed E-state index contributed by atoms with van der Waals surface area (Å²) in [6.45, 7) is 5.23. The van der Waals surface area contributed by atoms with Crippen molar-refractivity contribution in [3.05, 3.63) is 28.8 Å². The summed E-state index contributed by atoms with van der Waals surface area (Å²) in [5, 5.41) is 2.75. The molecule has 0 saturated heterocycles. The monoisotopic (exact) mass is 296 g/mol. The summed E-state index contributed by atoms with van der Waals surface area (Å²) < 4.78 is 27.0. The van der Waals surface area contributed by atoms with Crippen LogP contribution in [-0.2, 0) is 14.8 Å². The zero-order valence-electron chi connectivity index (χ0n) is 12.0. The molecular formula is C14H20N2O3S. The summed E-state index contributed by atoms with van der Waals surface area (Å²) in [4.78, 5) is 11.8. The molecule has 20 heavy (non-hydrogen) atoms. The van der Waals surface area contributed by atoms with E-state index in [1.54, 1.807) is 13.8 Å². The molecule has 1 aliphatic carbocycles. The molecule has 1 aromatic rings. The maximum Gasteiger partial charge on any atom is 0.241 e. The fraction of sp³-hybridized carbons (Fsp3) is 0.500. The summed E-state index contributed by atoms with van der Waals surface area (Å²) >= 11 is 0. The summed E-state index contributed by atoms with van der Waals surface area (Å²) in [7, 11) is -3.66. The molecule has 2 N–H and O–H groups in total. The number of amides is 1. The van der Waals surface area contributed by atoms with Crippen molar-refractivity contribution < 1.29 is 13.2 Å². The van der Waals surface area contributed by atoms with E-state index in [2.05, 4.69) is 10.0 Å². The molecule has 110 valence electrons. The molecule has 1 saturated carbocycles. The Morgan fingerprint density at radius 1 is 1.20 bits per heavy atom. The molecule has 0 spiro atoms. The first-order valence-electron chi connectivity index (χ1n) is 6.66. The van der Waals surface area contributed by atoms with Gasteiger partial charge in [-0.2, -0.15) is 0 Å². The Morgan fingerprint density at radius 2 is 1.75 bits per heavy atom. The molecule has 5 nitrogen and oxygen atoms in total. The van der Waals surface area contributed by atoms with Gasteiger partial charge < -0.3 is 5.32 Å². The fourth-order valence-corrected chi connectivity index (χ4v) is 3.76. The lowest BCUT2D eigenvalue weighted by molar-refractivity contribution is -0.120. The lowest BCUT2D eigenvalue weighted by Gasteiger charge is -2.13. The quantitative estimate of drug-likeness (QED) is 0.856. The van der Waals surface area contributed by atoms with Crippen LogP contribution in [0.2, 0.25) is 0 Å². The molecule has 0 bridgehead atoms. The van der Waals surface area contributed by atoms with Crippen LogP contribution in [0.4, 0.5) is 0 Å². The average Bonchev–Trinajstić information content (AvgIpc) is 3.08. The van der Waals surface area contributed by atoms with Crippen molar-refractivity contribution in [1.82, 2.24) is 10.0 Å². The predicted octanol–water partition coefficient (Wildman–Crippen LogP) is 1.17. The highest BCUT2D eigenvalue weighted by Crippen LogP contribution is 2.21. The number of aryl methyl sites for hydroxylation is 3. The van der Waals surface area contributed by atoms with Crippen molar-refractivity contribution in [2.75, 3.05) is 6.54 Å². The topological polar surface area (TPSA) is 75.3 Å². The maximum absolute atomic E-state index is 12.3. The third-order valence-corrected chi connectivity index (χ3v) is 4.94. The second-order valence-electron chi connectivity index (χ2n) is 5.39. The van der Waals surface area contributed by atoms with E-state index >= 15 is 0 Å². The zero-order chi connectivity index (χ0) is 14.9. The van der Waals surface area contributed by atoms with Crippen LogP contribution in [0.5, 0.6) is 0 Å². The number of rotatable bonds is 5. The number of benzene rings is 1. The Balaban J connectivity index is 2.11. The molecule has 0 aliphatic heterocycles. The van der Waals surface area contributed by atoms with E-state index in [4.69, 9.17) is 0 Å². The van der Waals surface area contributed by atoms with Gasteiger partial charge in [0.05, 0.1) is 11.4 Å². The van der Waals surface area contributed by atoms with E-state index < -0.39 is 10.0 Å². The molecule has 0 radical (unpaired) electrons. The molecule has 6 heteroatoms. The number of carbonyl (C=O) groups excluding carboxylic acids is 1. The van der Waals surface area contributed by atoms with Crippen LogP contribution < -0.4 is 10.0 Å². The summed E-state index contributed by atoms with van der Waals surface area (Å²) in [5.41, 5.74) is 2.40. The number of sulfonamides is 1. The lowest BCUT2D eigenvalue weighted by atomic mass is 10.1. The van der Waals surface area contributed by atoms with E-state index in [0.29, 0.717) is 11.1 Å². The minimum atomic E-state index is -3.66. The van der Waals surface area contributed by atoms with Gasteiger partial charge in [0.2, 0.25) is 15.9 Å². The molecule has 1 aliphatic rings. The van der Waals surface area contributed by atoms with E-state index in [1.807, 2.05) is 19.1 Å². The minimum absolute atomic E-state index is 0.217. The van der Waals surface area contributed by atoms with Crippen molar-refractivity contribution in [2.45, 2.75) is 44.6 Å². The largest absolute Gasteiger partial charge is 0.352 e. The predicted molar refractivity (Wildman–Crippen MR) is 77.0 cm³/mol. The van der Waals surface area contributed by atoms with Gasteiger partial charge >= 0.3 is 0 Å². The molecule has 1 amide bonds. The van der Waals surface area contributed by atoms with Crippen molar-refractivity contribution in [3.8, 4) is 0 Å². The lowest BCUT2D eigenvalue weighted by Crippen LogP contribution is -2.38. The highest BCUT2D eigenvalue weighted by atomic mass is 32.2. The van der Waals surface area contributed by atoms with Crippen molar-refractivity contribution >= 4 is 15.9 Å². The van der Waals surface area contributed by atoms with Crippen LogP contribution in [0.15, 0.2) is 17.0 Å². The highest BCUT2D eigenvalue weighted by Gasteiger charge is 2.25. The smallest absolute Gasteiger partial charge is 0.241 e. The standard InChI is InChI=1S/C14H20N2O3S/c1-9-6-10(2)14(11(3)7-9)20(18,19)15-8-13(17)16-12-4-5-12/h6-7,12,15H,4-5,8H2,1-3H3,(H,16,17). The second kappa shape index (κ2) is 5.54. The molecule has 0 atom stereocenters. The Hall–Kier alpha value is -1.40. The van der Waals surface area contributed by atoms with Gasteiger partial charge in [0.25, 0.3) is 0 Å². The van der Waals surface area contributed by atoms with E-state index in [-0.39, 0.29) is 23.4 Å². The molecule has 2 rings (SSSR count). The number of hydrogen-bond donors (Lipinski definition) is 2. The number of carbonyl (C=O) groups is 1. The van der Waals surface area contributed by atoms with Crippen LogP contribution in [0.1, 0.15) is 29.5 Å².